The van der Waals surface area contributed by atoms with Crippen molar-refractivity contribution < 1.29 is 9.59 Å². The third-order valence-electron chi connectivity index (χ3n) is 3.02. The zero-order chi connectivity index (χ0) is 14.5. The van der Waals surface area contributed by atoms with Gasteiger partial charge in [0.05, 0.1) is 0 Å². The number of hydrogen-bond acceptors (Lipinski definition) is 2. The van der Waals surface area contributed by atoms with Gasteiger partial charge in [0.2, 0.25) is 6.29 Å². The zero-order valence-corrected chi connectivity index (χ0v) is 11.5. The van der Waals surface area contributed by atoms with Gasteiger partial charge in [-0.1, -0.05) is 55.1 Å². The van der Waals surface area contributed by atoms with E-state index < -0.39 is 0 Å². The maximum atomic E-state index is 12.5. The van der Waals surface area contributed by atoms with Gasteiger partial charge in [-0.3, -0.25) is 9.59 Å². The molecule has 2 nitrogen and oxygen atoms in total. The number of rotatable bonds is 5. The summed E-state index contributed by atoms with van der Waals surface area (Å²) in [5, 5.41) is 0. The van der Waals surface area contributed by atoms with Crippen molar-refractivity contribution in [1.29, 1.82) is 0 Å². The summed E-state index contributed by atoms with van der Waals surface area (Å²) in [6.45, 7) is 3.67. The molecule has 0 aromatic heterocycles. The molecule has 0 unspecified atom stereocenters. The molecular weight excluding hydrogens is 272 g/mol. The van der Waals surface area contributed by atoms with E-state index in [2.05, 4.69) is 6.58 Å². The van der Waals surface area contributed by atoms with Crippen LogP contribution in [0.2, 0.25) is 0 Å². The van der Waals surface area contributed by atoms with Crippen LogP contribution in [0.3, 0.4) is 0 Å². The number of halogens is 1. The highest BCUT2D eigenvalue weighted by Crippen LogP contribution is 2.20. The average molecular weight is 284 g/mol. The molecule has 2 aromatic rings. The first-order valence-corrected chi connectivity index (χ1v) is 6.58. The van der Waals surface area contributed by atoms with Gasteiger partial charge in [0.25, 0.3) is 0 Å². The maximum Gasteiger partial charge on any atom is 0.234 e. The number of alkyl halides is 1. The van der Waals surface area contributed by atoms with Crippen LogP contribution >= 0.6 is 11.6 Å². The van der Waals surface area contributed by atoms with Crippen LogP contribution in [0.25, 0.3) is 6.08 Å². The van der Waals surface area contributed by atoms with Gasteiger partial charge in [-0.15, -0.1) is 11.6 Å². The van der Waals surface area contributed by atoms with E-state index in [1.807, 2.05) is 0 Å². The minimum atomic E-state index is -0.222. The van der Waals surface area contributed by atoms with Crippen LogP contribution < -0.4 is 0 Å². The molecule has 1 radical (unpaired) electrons. The minimum absolute atomic E-state index is 0.222. The highest BCUT2D eigenvalue weighted by atomic mass is 35.5. The first-order chi connectivity index (χ1) is 9.71. The first kappa shape index (κ1) is 14.2. The van der Waals surface area contributed by atoms with E-state index in [9.17, 15) is 9.59 Å². The van der Waals surface area contributed by atoms with Gasteiger partial charge >= 0.3 is 0 Å². The highest BCUT2D eigenvalue weighted by molar-refractivity contribution is 6.17. The minimum Gasteiger partial charge on any atom is -0.289 e. The Hall–Kier alpha value is -2.19. The standard InChI is InChI=1S/C17H12ClO2/c1-2-13-4-3-5-15(11-19)16(13)17(20)14-8-6-12(10-18)7-9-14/h2-9H,1,10H2. The second kappa shape index (κ2) is 6.31. The Morgan fingerprint density at radius 1 is 1.20 bits per heavy atom. The van der Waals surface area contributed by atoms with Crippen molar-refractivity contribution in [3.05, 3.63) is 76.9 Å². The lowest BCUT2D eigenvalue weighted by Gasteiger charge is -2.08. The van der Waals surface area contributed by atoms with Crippen molar-refractivity contribution in [3.8, 4) is 0 Å². The third-order valence-corrected chi connectivity index (χ3v) is 3.33. The summed E-state index contributed by atoms with van der Waals surface area (Å²) < 4.78 is 0. The van der Waals surface area contributed by atoms with E-state index in [4.69, 9.17) is 11.6 Å². The fraction of sp³-hybridized carbons (Fsp3) is 0.0588. The molecule has 0 saturated carbocycles. The van der Waals surface area contributed by atoms with Gasteiger partial charge in [0.15, 0.2) is 5.78 Å². The maximum absolute atomic E-state index is 12.5. The van der Waals surface area contributed by atoms with Crippen molar-refractivity contribution in [1.82, 2.24) is 0 Å². The molecule has 2 aromatic carbocycles. The van der Waals surface area contributed by atoms with Crippen LogP contribution in [-0.2, 0) is 10.7 Å². The summed E-state index contributed by atoms with van der Waals surface area (Å²) in [4.78, 5) is 23.5. The quantitative estimate of drug-likeness (QED) is 0.618. The molecule has 0 spiro atoms. The fourth-order valence-electron chi connectivity index (χ4n) is 1.97. The Balaban J connectivity index is 2.51. The lowest BCUT2D eigenvalue weighted by molar-refractivity contribution is 0.103. The van der Waals surface area contributed by atoms with Gasteiger partial charge in [0.1, 0.15) is 0 Å². The normalized spacial score (nSPS) is 10.1. The SMILES string of the molecule is C=Cc1cccc([C]=O)c1C(=O)c1ccc(CCl)cc1. The molecule has 99 valence electrons. The molecule has 0 atom stereocenters. The fourth-order valence-corrected chi connectivity index (χ4v) is 2.15. The molecule has 0 heterocycles. The van der Waals surface area contributed by atoms with E-state index >= 15 is 0 Å². The molecule has 20 heavy (non-hydrogen) atoms. The highest BCUT2D eigenvalue weighted by Gasteiger charge is 2.16. The van der Waals surface area contributed by atoms with Crippen LogP contribution in [0, 0.1) is 0 Å². The monoisotopic (exact) mass is 283 g/mol. The Kier molecular flexibility index (Phi) is 4.49. The largest absolute Gasteiger partial charge is 0.289 e. The van der Waals surface area contributed by atoms with E-state index in [1.54, 1.807) is 54.8 Å². The number of carbonyl (C=O) groups is 1. The van der Waals surface area contributed by atoms with Crippen LogP contribution in [-0.4, -0.2) is 12.1 Å². The first-order valence-electron chi connectivity index (χ1n) is 6.04. The van der Waals surface area contributed by atoms with Crippen molar-refractivity contribution >= 4 is 29.7 Å². The predicted molar refractivity (Wildman–Crippen MR) is 80.8 cm³/mol. The Morgan fingerprint density at radius 2 is 1.90 bits per heavy atom. The lowest BCUT2D eigenvalue weighted by atomic mass is 9.93. The molecule has 0 bridgehead atoms. The van der Waals surface area contributed by atoms with Crippen molar-refractivity contribution in [2.75, 3.05) is 0 Å². The third kappa shape index (κ3) is 2.70. The summed E-state index contributed by atoms with van der Waals surface area (Å²) in [6.07, 6.45) is 3.36. The Bertz CT molecular complexity index is 631. The van der Waals surface area contributed by atoms with Gasteiger partial charge in [-0.2, -0.15) is 0 Å². The zero-order valence-electron chi connectivity index (χ0n) is 10.7. The van der Waals surface area contributed by atoms with Crippen LogP contribution in [0.4, 0.5) is 0 Å². The molecule has 2 rings (SSSR count). The lowest BCUT2D eigenvalue weighted by Crippen LogP contribution is -2.07. The summed E-state index contributed by atoms with van der Waals surface area (Å²) in [6, 6.07) is 12.0. The molecule has 0 aliphatic rings. The van der Waals surface area contributed by atoms with Crippen LogP contribution in [0.5, 0.6) is 0 Å². The topological polar surface area (TPSA) is 34.1 Å². The molecule has 0 saturated heterocycles. The molecule has 0 N–H and O–H groups in total. The van der Waals surface area contributed by atoms with E-state index in [-0.39, 0.29) is 11.3 Å². The van der Waals surface area contributed by atoms with Crippen molar-refractivity contribution in [2.24, 2.45) is 0 Å². The molecule has 0 aliphatic heterocycles. The van der Waals surface area contributed by atoms with Gasteiger partial charge < -0.3 is 0 Å². The molecule has 0 amide bonds. The second-order valence-electron chi connectivity index (χ2n) is 4.24. The summed E-state index contributed by atoms with van der Waals surface area (Å²) in [5.74, 6) is 0.172. The van der Waals surface area contributed by atoms with E-state index in [0.717, 1.165) is 5.56 Å². The van der Waals surface area contributed by atoms with Gasteiger partial charge in [-0.05, 0) is 11.1 Å². The molecule has 0 fully saturated rings. The summed E-state index contributed by atoms with van der Waals surface area (Å²) in [5.41, 5.74) is 2.63. The summed E-state index contributed by atoms with van der Waals surface area (Å²) in [7, 11) is 0. The van der Waals surface area contributed by atoms with Gasteiger partial charge in [-0.25, -0.2) is 0 Å². The van der Waals surface area contributed by atoms with E-state index in [0.29, 0.717) is 22.6 Å². The number of carbonyl (C=O) groups excluding carboxylic acids is 2. The summed E-state index contributed by atoms with van der Waals surface area (Å²) >= 11 is 5.72. The molecular formula is C17H12ClO2. The van der Waals surface area contributed by atoms with Crippen molar-refractivity contribution in [2.45, 2.75) is 5.88 Å². The van der Waals surface area contributed by atoms with Crippen molar-refractivity contribution in [3.63, 3.8) is 0 Å². The second-order valence-corrected chi connectivity index (χ2v) is 4.50. The van der Waals surface area contributed by atoms with E-state index in [1.165, 1.54) is 0 Å². The molecule has 0 aliphatic carbocycles. The molecule has 3 heteroatoms. The number of hydrogen-bond donors (Lipinski definition) is 0. The smallest absolute Gasteiger partial charge is 0.234 e. The Labute approximate surface area is 122 Å². The number of ketones is 1. The predicted octanol–water partition coefficient (Wildman–Crippen LogP) is 3.76. The Morgan fingerprint density at radius 3 is 2.45 bits per heavy atom. The average Bonchev–Trinajstić information content (AvgIpc) is 2.53. The van der Waals surface area contributed by atoms with Crippen LogP contribution in [0.15, 0.2) is 49.0 Å². The van der Waals surface area contributed by atoms with Gasteiger partial charge in [0, 0.05) is 22.6 Å². The number of benzene rings is 2. The van der Waals surface area contributed by atoms with Crippen LogP contribution in [0.1, 0.15) is 32.6 Å².